The van der Waals surface area contributed by atoms with Gasteiger partial charge in [0.1, 0.15) is 0 Å². The Bertz CT molecular complexity index is 582. The molecule has 0 aliphatic carbocycles. The van der Waals surface area contributed by atoms with Gasteiger partial charge in [0.25, 0.3) is 0 Å². The number of benzene rings is 1. The second-order valence-corrected chi connectivity index (χ2v) is 5.69. The molecule has 0 radical (unpaired) electrons. The summed E-state index contributed by atoms with van der Waals surface area (Å²) in [6.45, 7) is 2.29. The predicted molar refractivity (Wildman–Crippen MR) is 85.5 cm³/mol. The molecule has 5 heteroatoms. The summed E-state index contributed by atoms with van der Waals surface area (Å²) in [4.78, 5) is 14.3. The molecule has 2 amide bonds. The van der Waals surface area contributed by atoms with Crippen molar-refractivity contribution < 1.29 is 4.79 Å². The number of carbonyl (C=O) groups is 1. The minimum atomic E-state index is 0.0468. The number of hydrogen-bond donors (Lipinski definition) is 1. The van der Waals surface area contributed by atoms with E-state index in [0.29, 0.717) is 6.54 Å². The van der Waals surface area contributed by atoms with Crippen LogP contribution in [0, 0.1) is 0 Å². The van der Waals surface area contributed by atoms with E-state index in [1.807, 2.05) is 40.0 Å². The lowest BCUT2D eigenvalue weighted by atomic mass is 10.1. The number of amides is 2. The monoisotopic (exact) mass is 298 g/mol. The van der Waals surface area contributed by atoms with Gasteiger partial charge < -0.3 is 10.2 Å². The molecule has 3 rings (SSSR count). The molecule has 1 fully saturated rings. The molecule has 1 saturated heterocycles. The molecule has 2 heterocycles. The summed E-state index contributed by atoms with van der Waals surface area (Å²) in [5, 5.41) is 7.27. The summed E-state index contributed by atoms with van der Waals surface area (Å²) in [6, 6.07) is 12.4. The second-order valence-electron chi connectivity index (χ2n) is 5.69. The van der Waals surface area contributed by atoms with Crippen molar-refractivity contribution in [2.75, 3.05) is 13.1 Å². The van der Waals surface area contributed by atoms with Crippen LogP contribution in [0.5, 0.6) is 0 Å². The maximum absolute atomic E-state index is 12.4. The van der Waals surface area contributed by atoms with Gasteiger partial charge in [0.15, 0.2) is 0 Å². The molecule has 1 aliphatic rings. The van der Waals surface area contributed by atoms with Crippen molar-refractivity contribution in [1.82, 2.24) is 20.0 Å². The predicted octanol–water partition coefficient (Wildman–Crippen LogP) is 2.30. The SMILES string of the molecule is O=C(NCCc1ccccc1)N1CCC[C@H]1Cn1cccn1. The Morgan fingerprint density at radius 2 is 2.14 bits per heavy atom. The van der Waals surface area contributed by atoms with E-state index in [4.69, 9.17) is 0 Å². The van der Waals surface area contributed by atoms with Crippen molar-refractivity contribution in [1.29, 1.82) is 0 Å². The zero-order valence-electron chi connectivity index (χ0n) is 12.7. The van der Waals surface area contributed by atoms with Crippen LogP contribution >= 0.6 is 0 Å². The highest BCUT2D eigenvalue weighted by molar-refractivity contribution is 5.74. The Kier molecular flexibility index (Phi) is 4.73. The molecular weight excluding hydrogens is 276 g/mol. The van der Waals surface area contributed by atoms with Gasteiger partial charge >= 0.3 is 6.03 Å². The molecule has 5 nitrogen and oxygen atoms in total. The highest BCUT2D eigenvalue weighted by Crippen LogP contribution is 2.18. The van der Waals surface area contributed by atoms with E-state index in [1.165, 1.54) is 5.56 Å². The number of nitrogens with zero attached hydrogens (tertiary/aromatic N) is 3. The number of carbonyl (C=O) groups excluding carboxylic acids is 1. The van der Waals surface area contributed by atoms with Crippen LogP contribution < -0.4 is 5.32 Å². The second kappa shape index (κ2) is 7.11. The lowest BCUT2D eigenvalue weighted by Gasteiger charge is -2.25. The third-order valence-corrected chi connectivity index (χ3v) is 4.13. The van der Waals surface area contributed by atoms with Crippen molar-refractivity contribution in [2.24, 2.45) is 0 Å². The number of likely N-dealkylation sites (tertiary alicyclic amines) is 1. The van der Waals surface area contributed by atoms with E-state index in [9.17, 15) is 4.79 Å². The van der Waals surface area contributed by atoms with Gasteiger partial charge in [-0.3, -0.25) is 4.68 Å². The number of nitrogens with one attached hydrogen (secondary N) is 1. The third-order valence-electron chi connectivity index (χ3n) is 4.13. The zero-order valence-corrected chi connectivity index (χ0v) is 12.7. The molecular formula is C17H22N4O. The zero-order chi connectivity index (χ0) is 15.2. The number of rotatable bonds is 5. The summed E-state index contributed by atoms with van der Waals surface area (Å²) < 4.78 is 1.90. The molecule has 0 bridgehead atoms. The Labute approximate surface area is 130 Å². The first-order valence-electron chi connectivity index (χ1n) is 7.89. The summed E-state index contributed by atoms with van der Waals surface area (Å²) >= 11 is 0. The van der Waals surface area contributed by atoms with Crippen molar-refractivity contribution in [2.45, 2.75) is 31.8 Å². The van der Waals surface area contributed by atoms with Gasteiger partial charge in [-0.1, -0.05) is 30.3 Å². The lowest BCUT2D eigenvalue weighted by molar-refractivity contribution is 0.186. The maximum atomic E-state index is 12.4. The summed E-state index contributed by atoms with van der Waals surface area (Å²) in [5.74, 6) is 0. The molecule has 1 N–H and O–H groups in total. The Morgan fingerprint density at radius 3 is 2.91 bits per heavy atom. The highest BCUT2D eigenvalue weighted by Gasteiger charge is 2.28. The normalized spacial score (nSPS) is 17.6. The Balaban J connectivity index is 1.48. The first kappa shape index (κ1) is 14.6. The van der Waals surface area contributed by atoms with Gasteiger partial charge in [-0.2, -0.15) is 5.10 Å². The minimum Gasteiger partial charge on any atom is -0.338 e. The molecule has 1 aromatic carbocycles. The first-order valence-corrected chi connectivity index (χ1v) is 7.89. The Hall–Kier alpha value is -2.30. The number of urea groups is 1. The van der Waals surface area contributed by atoms with Gasteiger partial charge in [0, 0.05) is 25.5 Å². The molecule has 1 aromatic heterocycles. The molecule has 1 atom stereocenters. The highest BCUT2D eigenvalue weighted by atomic mass is 16.2. The molecule has 116 valence electrons. The third kappa shape index (κ3) is 3.67. The summed E-state index contributed by atoms with van der Waals surface area (Å²) in [7, 11) is 0. The fourth-order valence-corrected chi connectivity index (χ4v) is 2.98. The van der Waals surface area contributed by atoms with Crippen LogP contribution in [0.1, 0.15) is 18.4 Å². The molecule has 1 aliphatic heterocycles. The van der Waals surface area contributed by atoms with Crippen LogP contribution in [0.15, 0.2) is 48.8 Å². The quantitative estimate of drug-likeness (QED) is 0.921. The van der Waals surface area contributed by atoms with E-state index >= 15 is 0 Å². The molecule has 2 aromatic rings. The van der Waals surface area contributed by atoms with Crippen molar-refractivity contribution in [3.63, 3.8) is 0 Å². The van der Waals surface area contributed by atoms with Crippen molar-refractivity contribution >= 4 is 6.03 Å². The lowest BCUT2D eigenvalue weighted by Crippen LogP contribution is -2.44. The van der Waals surface area contributed by atoms with E-state index in [0.717, 1.165) is 32.4 Å². The molecule has 0 saturated carbocycles. The number of hydrogen-bond acceptors (Lipinski definition) is 2. The van der Waals surface area contributed by atoms with Gasteiger partial charge in [-0.25, -0.2) is 4.79 Å². The van der Waals surface area contributed by atoms with Gasteiger partial charge in [-0.05, 0) is 30.9 Å². The summed E-state index contributed by atoms with van der Waals surface area (Å²) in [6.07, 6.45) is 6.71. The maximum Gasteiger partial charge on any atom is 0.317 e. The standard InChI is InChI=1S/C17H22N4O/c22-17(18-11-9-15-6-2-1-3-7-15)21-13-4-8-16(21)14-20-12-5-10-19-20/h1-3,5-7,10,12,16H,4,8-9,11,13-14H2,(H,18,22)/t16-/m0/s1. The van der Waals surface area contributed by atoms with Crippen LogP contribution in [-0.2, 0) is 13.0 Å². The minimum absolute atomic E-state index is 0.0468. The van der Waals surface area contributed by atoms with Gasteiger partial charge in [0.05, 0.1) is 12.6 Å². The average molecular weight is 298 g/mol. The van der Waals surface area contributed by atoms with Crippen LogP contribution in [0.3, 0.4) is 0 Å². The van der Waals surface area contributed by atoms with Crippen LogP contribution in [0.2, 0.25) is 0 Å². The first-order chi connectivity index (χ1) is 10.8. The number of aromatic nitrogens is 2. The van der Waals surface area contributed by atoms with Gasteiger partial charge in [-0.15, -0.1) is 0 Å². The fraction of sp³-hybridized carbons (Fsp3) is 0.412. The van der Waals surface area contributed by atoms with Crippen LogP contribution in [0.25, 0.3) is 0 Å². The topological polar surface area (TPSA) is 50.2 Å². The van der Waals surface area contributed by atoms with E-state index in [2.05, 4.69) is 22.5 Å². The summed E-state index contributed by atoms with van der Waals surface area (Å²) in [5.41, 5.74) is 1.25. The molecule has 0 unspecified atom stereocenters. The largest absolute Gasteiger partial charge is 0.338 e. The van der Waals surface area contributed by atoms with E-state index in [-0.39, 0.29) is 12.1 Å². The van der Waals surface area contributed by atoms with Crippen LogP contribution in [0.4, 0.5) is 4.79 Å². The van der Waals surface area contributed by atoms with Gasteiger partial charge in [0.2, 0.25) is 0 Å². The smallest absolute Gasteiger partial charge is 0.317 e. The average Bonchev–Trinajstić information content (AvgIpc) is 3.20. The van der Waals surface area contributed by atoms with E-state index < -0.39 is 0 Å². The fourth-order valence-electron chi connectivity index (χ4n) is 2.98. The molecule has 22 heavy (non-hydrogen) atoms. The van der Waals surface area contributed by atoms with E-state index in [1.54, 1.807) is 6.20 Å². The Morgan fingerprint density at radius 1 is 1.27 bits per heavy atom. The van der Waals surface area contributed by atoms with Crippen molar-refractivity contribution in [3.05, 3.63) is 54.4 Å². The van der Waals surface area contributed by atoms with Crippen molar-refractivity contribution in [3.8, 4) is 0 Å². The van der Waals surface area contributed by atoms with Crippen LogP contribution in [-0.4, -0.2) is 39.8 Å². The molecule has 0 spiro atoms.